The summed E-state index contributed by atoms with van der Waals surface area (Å²) in [4.78, 5) is 8.77. The predicted octanol–water partition coefficient (Wildman–Crippen LogP) is 1.72. The van der Waals surface area contributed by atoms with Crippen LogP contribution in [-0.4, -0.2) is 39.0 Å². The molecular weight excluding hydrogens is 280 g/mol. The molecule has 7 heteroatoms. The Kier molecular flexibility index (Phi) is 4.53. The molecule has 0 aliphatic carbocycles. The Morgan fingerprint density at radius 1 is 1.45 bits per heavy atom. The zero-order valence-corrected chi connectivity index (χ0v) is 13.0. The van der Waals surface area contributed by atoms with E-state index in [9.17, 15) is 0 Å². The van der Waals surface area contributed by atoms with Crippen LogP contribution in [0.15, 0.2) is 18.5 Å². The number of ether oxygens (including phenoxy) is 1. The molecule has 7 nitrogen and oxygen atoms in total. The third kappa shape index (κ3) is 3.54. The van der Waals surface area contributed by atoms with Crippen LogP contribution in [0.3, 0.4) is 0 Å². The third-order valence-corrected chi connectivity index (χ3v) is 3.94. The average molecular weight is 302 g/mol. The van der Waals surface area contributed by atoms with E-state index in [4.69, 9.17) is 4.74 Å². The van der Waals surface area contributed by atoms with Gasteiger partial charge in [-0.15, -0.1) is 0 Å². The summed E-state index contributed by atoms with van der Waals surface area (Å²) in [5.74, 6) is 1.45. The predicted molar refractivity (Wildman–Crippen MR) is 84.8 cm³/mol. The van der Waals surface area contributed by atoms with E-state index in [2.05, 4.69) is 25.7 Å². The van der Waals surface area contributed by atoms with Gasteiger partial charge in [0.05, 0.1) is 18.8 Å². The smallest absolute Gasteiger partial charge is 0.224 e. The topological polar surface area (TPSA) is 76.9 Å². The Hall–Kier alpha value is -2.15. The highest BCUT2D eigenvalue weighted by atomic mass is 16.5. The van der Waals surface area contributed by atoms with Crippen LogP contribution >= 0.6 is 0 Å². The lowest BCUT2D eigenvalue weighted by molar-refractivity contribution is 0.0875. The van der Waals surface area contributed by atoms with E-state index in [0.29, 0.717) is 18.5 Å². The van der Waals surface area contributed by atoms with Crippen molar-refractivity contribution in [2.24, 2.45) is 7.05 Å². The van der Waals surface area contributed by atoms with Gasteiger partial charge in [-0.2, -0.15) is 10.1 Å². The molecule has 1 fully saturated rings. The van der Waals surface area contributed by atoms with Crippen molar-refractivity contribution in [1.29, 1.82) is 0 Å². The number of aryl methyl sites for hydroxylation is 1. The zero-order chi connectivity index (χ0) is 15.4. The third-order valence-electron chi connectivity index (χ3n) is 3.94. The molecule has 2 aromatic heterocycles. The van der Waals surface area contributed by atoms with Crippen molar-refractivity contribution in [2.75, 3.05) is 23.8 Å². The van der Waals surface area contributed by atoms with Gasteiger partial charge in [0.1, 0.15) is 5.82 Å². The van der Waals surface area contributed by atoms with Crippen LogP contribution in [0.1, 0.15) is 24.1 Å². The van der Waals surface area contributed by atoms with Crippen molar-refractivity contribution in [3.63, 3.8) is 0 Å². The molecule has 0 bridgehead atoms. The maximum atomic E-state index is 5.47. The number of rotatable bonds is 5. The van der Waals surface area contributed by atoms with Crippen LogP contribution in [0.4, 0.5) is 11.8 Å². The minimum Gasteiger partial charge on any atom is -0.379 e. The van der Waals surface area contributed by atoms with Gasteiger partial charge in [-0.25, -0.2) is 4.98 Å². The number of hydrogen-bond donors (Lipinski definition) is 2. The van der Waals surface area contributed by atoms with Crippen LogP contribution in [0, 0.1) is 6.92 Å². The van der Waals surface area contributed by atoms with E-state index < -0.39 is 0 Å². The molecular formula is C15H22N6O. The fraction of sp³-hybridized carbons (Fsp3) is 0.533. The summed E-state index contributed by atoms with van der Waals surface area (Å²) in [6.45, 7) is 4.31. The van der Waals surface area contributed by atoms with Gasteiger partial charge in [-0.3, -0.25) is 4.68 Å². The van der Waals surface area contributed by atoms with E-state index in [1.54, 1.807) is 6.20 Å². The summed E-state index contributed by atoms with van der Waals surface area (Å²) >= 11 is 0. The molecule has 1 atom stereocenters. The normalized spacial score (nSPS) is 18.2. The summed E-state index contributed by atoms with van der Waals surface area (Å²) in [5, 5.41) is 10.9. The van der Waals surface area contributed by atoms with E-state index in [1.165, 1.54) is 0 Å². The molecule has 0 aromatic carbocycles. The number of anilines is 2. The van der Waals surface area contributed by atoms with E-state index >= 15 is 0 Å². The molecule has 0 amide bonds. The molecule has 0 spiro atoms. The zero-order valence-electron chi connectivity index (χ0n) is 13.0. The molecule has 3 heterocycles. The van der Waals surface area contributed by atoms with Crippen LogP contribution in [0.25, 0.3) is 0 Å². The van der Waals surface area contributed by atoms with Crippen molar-refractivity contribution in [3.05, 3.63) is 29.7 Å². The molecule has 1 unspecified atom stereocenters. The summed E-state index contributed by atoms with van der Waals surface area (Å²) < 4.78 is 7.33. The molecule has 22 heavy (non-hydrogen) atoms. The van der Waals surface area contributed by atoms with Gasteiger partial charge >= 0.3 is 0 Å². The second kappa shape index (κ2) is 6.74. The average Bonchev–Trinajstić information content (AvgIpc) is 2.86. The van der Waals surface area contributed by atoms with Gasteiger partial charge in [0.25, 0.3) is 0 Å². The van der Waals surface area contributed by atoms with Crippen LogP contribution in [-0.2, 0) is 18.3 Å². The molecule has 2 aromatic rings. The number of nitrogens with zero attached hydrogens (tertiary/aromatic N) is 4. The maximum Gasteiger partial charge on any atom is 0.224 e. The highest BCUT2D eigenvalue weighted by Crippen LogP contribution is 2.14. The van der Waals surface area contributed by atoms with Gasteiger partial charge in [-0.05, 0) is 25.8 Å². The summed E-state index contributed by atoms with van der Waals surface area (Å²) in [6.07, 6.45) is 5.83. The van der Waals surface area contributed by atoms with Crippen molar-refractivity contribution in [3.8, 4) is 0 Å². The standard InChI is InChI=1S/C15H22N6O/c1-11-12(9-18-21(11)2)8-17-15-16-6-5-14(20-15)19-13-4-3-7-22-10-13/h5-6,9,13H,3-4,7-8,10H2,1-2H3,(H2,16,17,19,20). The molecule has 3 rings (SSSR count). The second-order valence-corrected chi connectivity index (χ2v) is 5.56. The van der Waals surface area contributed by atoms with Gasteiger partial charge in [0, 0.05) is 37.7 Å². The first-order valence-corrected chi connectivity index (χ1v) is 7.61. The quantitative estimate of drug-likeness (QED) is 0.876. The first-order valence-electron chi connectivity index (χ1n) is 7.61. The molecule has 1 saturated heterocycles. The largest absolute Gasteiger partial charge is 0.379 e. The molecule has 118 valence electrons. The van der Waals surface area contributed by atoms with Crippen LogP contribution in [0.5, 0.6) is 0 Å². The van der Waals surface area contributed by atoms with Crippen molar-refractivity contribution in [1.82, 2.24) is 19.7 Å². The molecule has 0 saturated carbocycles. The monoisotopic (exact) mass is 302 g/mol. The van der Waals surface area contributed by atoms with Crippen molar-refractivity contribution in [2.45, 2.75) is 32.4 Å². The lowest BCUT2D eigenvalue weighted by atomic mass is 10.1. The van der Waals surface area contributed by atoms with Crippen molar-refractivity contribution < 1.29 is 4.74 Å². The van der Waals surface area contributed by atoms with Gasteiger partial charge in [0.15, 0.2) is 0 Å². The van der Waals surface area contributed by atoms with E-state index in [0.717, 1.165) is 43.1 Å². The number of aromatic nitrogens is 4. The Morgan fingerprint density at radius 3 is 3.09 bits per heavy atom. The first kappa shape index (κ1) is 14.8. The Bertz CT molecular complexity index is 620. The van der Waals surface area contributed by atoms with E-state index in [-0.39, 0.29) is 0 Å². The summed E-state index contributed by atoms with van der Waals surface area (Å²) in [7, 11) is 1.94. The second-order valence-electron chi connectivity index (χ2n) is 5.56. The summed E-state index contributed by atoms with van der Waals surface area (Å²) in [6, 6.07) is 2.21. The lowest BCUT2D eigenvalue weighted by Gasteiger charge is -2.23. The van der Waals surface area contributed by atoms with Gasteiger partial charge in [-0.1, -0.05) is 0 Å². The Labute approximate surface area is 130 Å². The number of nitrogens with one attached hydrogen (secondary N) is 2. The fourth-order valence-electron chi connectivity index (χ4n) is 2.48. The number of hydrogen-bond acceptors (Lipinski definition) is 6. The molecule has 1 aliphatic rings. The highest BCUT2D eigenvalue weighted by molar-refractivity contribution is 5.41. The Balaban J connectivity index is 1.59. The van der Waals surface area contributed by atoms with Crippen LogP contribution < -0.4 is 10.6 Å². The minimum atomic E-state index is 0.331. The first-order chi connectivity index (χ1) is 10.7. The minimum absolute atomic E-state index is 0.331. The lowest BCUT2D eigenvalue weighted by Crippen LogP contribution is -2.30. The Morgan fingerprint density at radius 2 is 2.36 bits per heavy atom. The highest BCUT2D eigenvalue weighted by Gasteiger charge is 2.14. The molecule has 1 aliphatic heterocycles. The summed E-state index contributed by atoms with van der Waals surface area (Å²) in [5.41, 5.74) is 2.28. The van der Waals surface area contributed by atoms with Crippen molar-refractivity contribution >= 4 is 11.8 Å². The molecule has 2 N–H and O–H groups in total. The fourth-order valence-corrected chi connectivity index (χ4v) is 2.48. The van der Waals surface area contributed by atoms with Gasteiger partial charge < -0.3 is 15.4 Å². The maximum absolute atomic E-state index is 5.47. The van der Waals surface area contributed by atoms with E-state index in [1.807, 2.05) is 30.9 Å². The van der Waals surface area contributed by atoms with Gasteiger partial charge in [0.2, 0.25) is 5.95 Å². The van der Waals surface area contributed by atoms with Crippen LogP contribution in [0.2, 0.25) is 0 Å². The molecule has 0 radical (unpaired) electrons. The SMILES string of the molecule is Cc1c(CNc2nccc(NC3CCCOC3)n2)cnn1C.